The maximum atomic E-state index is 13.7. The van der Waals surface area contributed by atoms with Crippen LogP contribution in [-0.4, -0.2) is 33.4 Å². The molecule has 0 fully saturated rings. The second-order valence-corrected chi connectivity index (χ2v) is 10.9. The summed E-state index contributed by atoms with van der Waals surface area (Å²) in [6.45, 7) is 14.3. The Morgan fingerprint density at radius 3 is 2.30 bits per heavy atom. The molecule has 2 amide bonds. The molecule has 200 valence electrons. The van der Waals surface area contributed by atoms with E-state index in [1.165, 1.54) is 0 Å². The molecule has 0 bridgehead atoms. The highest BCUT2D eigenvalue weighted by atomic mass is 79.9. The van der Waals surface area contributed by atoms with Gasteiger partial charge in [-0.15, -0.1) is 0 Å². The Kier molecular flexibility index (Phi) is 10.6. The summed E-state index contributed by atoms with van der Waals surface area (Å²) in [4.78, 5) is 32.7. The molecule has 0 aliphatic carbocycles. The molecule has 1 aromatic heterocycles. The minimum Gasteiger partial charge on any atom is -0.443 e. The van der Waals surface area contributed by atoms with Crippen LogP contribution in [0.15, 0.2) is 46.6 Å². The third-order valence-corrected chi connectivity index (χ3v) is 6.48. The number of ether oxygens (including phenoxy) is 2. The van der Waals surface area contributed by atoms with Gasteiger partial charge in [-0.25, -0.2) is 9.59 Å². The van der Waals surface area contributed by atoms with Gasteiger partial charge >= 0.3 is 12.2 Å². The Morgan fingerprint density at radius 2 is 1.76 bits per heavy atom. The van der Waals surface area contributed by atoms with E-state index in [0.29, 0.717) is 17.7 Å². The average Bonchev–Trinajstić information content (AvgIpc) is 2.79. The van der Waals surface area contributed by atoms with Crippen LogP contribution in [0.2, 0.25) is 0 Å². The summed E-state index contributed by atoms with van der Waals surface area (Å²) in [7, 11) is 0. The van der Waals surface area contributed by atoms with Gasteiger partial charge in [0.1, 0.15) is 11.7 Å². The van der Waals surface area contributed by atoms with Crippen LogP contribution in [0.4, 0.5) is 9.59 Å². The third-order valence-electron chi connectivity index (χ3n) is 5.64. The zero-order chi connectivity index (χ0) is 27.9. The number of imide groups is 1. The fourth-order valence-corrected chi connectivity index (χ4v) is 4.06. The summed E-state index contributed by atoms with van der Waals surface area (Å²) in [5.41, 5.74) is 3.03. The highest BCUT2D eigenvalue weighted by Crippen LogP contribution is 2.31. The zero-order valence-electron chi connectivity index (χ0n) is 23.1. The second kappa shape index (κ2) is 13.0. The number of carbonyl (C=O) groups is 2. The largest absolute Gasteiger partial charge is 0.443 e. The van der Waals surface area contributed by atoms with Crippen molar-refractivity contribution in [3.05, 3.63) is 69.1 Å². The molecule has 8 heteroatoms. The van der Waals surface area contributed by atoms with Crippen molar-refractivity contribution in [3.8, 4) is 0 Å². The first-order valence-electron chi connectivity index (χ1n) is 12.5. The van der Waals surface area contributed by atoms with Gasteiger partial charge in [0.15, 0.2) is 0 Å². The van der Waals surface area contributed by atoms with Crippen LogP contribution in [0.5, 0.6) is 0 Å². The molecule has 2 rings (SSSR count). The molecule has 0 radical (unpaired) electrons. The van der Waals surface area contributed by atoms with Crippen molar-refractivity contribution in [2.24, 2.45) is 0 Å². The summed E-state index contributed by atoms with van der Waals surface area (Å²) < 4.78 is 12.3. The molecule has 0 saturated heterocycles. The van der Waals surface area contributed by atoms with Gasteiger partial charge in [0.05, 0.1) is 22.8 Å². The summed E-state index contributed by atoms with van der Waals surface area (Å²) >= 11 is 3.48. The molecule has 2 aromatic rings. The van der Waals surface area contributed by atoms with Crippen LogP contribution in [0.25, 0.3) is 5.57 Å². The number of aromatic nitrogens is 1. The van der Waals surface area contributed by atoms with Gasteiger partial charge in [0.2, 0.25) is 0 Å². The van der Waals surface area contributed by atoms with E-state index in [2.05, 4.69) is 22.9 Å². The van der Waals surface area contributed by atoms with Crippen LogP contribution in [0.1, 0.15) is 89.4 Å². The lowest BCUT2D eigenvalue weighted by Gasteiger charge is -2.30. The molecule has 1 aromatic carbocycles. The summed E-state index contributed by atoms with van der Waals surface area (Å²) in [5, 5.41) is 8.64. The van der Waals surface area contributed by atoms with E-state index >= 15 is 0 Å². The lowest BCUT2D eigenvalue weighted by atomic mass is 9.99. The summed E-state index contributed by atoms with van der Waals surface area (Å²) in [6, 6.07) is 11.3. The highest BCUT2D eigenvalue weighted by Gasteiger charge is 2.36. The predicted octanol–water partition coefficient (Wildman–Crippen LogP) is 8.54. The van der Waals surface area contributed by atoms with Gasteiger partial charge in [-0.1, -0.05) is 37.6 Å². The summed E-state index contributed by atoms with van der Waals surface area (Å²) in [6.07, 6.45) is -0.272. The lowest BCUT2D eigenvalue weighted by Crippen LogP contribution is -2.43. The number of rotatable bonds is 8. The fourth-order valence-electron chi connectivity index (χ4n) is 3.84. The van der Waals surface area contributed by atoms with Crippen LogP contribution in [-0.2, 0) is 9.47 Å². The van der Waals surface area contributed by atoms with Gasteiger partial charge in [-0.05, 0) is 100 Å². The second-order valence-electron chi connectivity index (χ2n) is 10.0. The predicted molar refractivity (Wildman–Crippen MR) is 151 cm³/mol. The molecular formula is C29H38BrN3O4. The van der Waals surface area contributed by atoms with Gasteiger partial charge < -0.3 is 14.9 Å². The van der Waals surface area contributed by atoms with E-state index in [1.807, 2.05) is 50.2 Å². The molecule has 1 unspecified atom stereocenters. The molecule has 0 aliphatic heterocycles. The number of amides is 2. The van der Waals surface area contributed by atoms with Crippen LogP contribution in [0.3, 0.4) is 0 Å². The number of hydrogen-bond donors (Lipinski definition) is 1. The van der Waals surface area contributed by atoms with Crippen molar-refractivity contribution < 1.29 is 19.1 Å². The molecular weight excluding hydrogens is 534 g/mol. The van der Waals surface area contributed by atoms with Crippen molar-refractivity contribution in [1.82, 2.24) is 9.88 Å². The molecule has 0 spiro atoms. The molecule has 1 atom stereocenters. The van der Waals surface area contributed by atoms with Crippen molar-refractivity contribution in [1.29, 1.82) is 5.41 Å². The normalized spacial score (nSPS) is 12.9. The Balaban J connectivity index is 2.71. The lowest BCUT2D eigenvalue weighted by molar-refractivity contribution is 0.0240. The number of nitrogens with one attached hydrogen (secondary N) is 1. The van der Waals surface area contributed by atoms with E-state index in [0.717, 1.165) is 39.0 Å². The van der Waals surface area contributed by atoms with Crippen molar-refractivity contribution in [3.63, 3.8) is 0 Å². The topological polar surface area (TPSA) is 92.6 Å². The van der Waals surface area contributed by atoms with E-state index in [1.54, 1.807) is 34.6 Å². The average molecular weight is 573 g/mol. The first-order valence-corrected chi connectivity index (χ1v) is 13.3. The number of allylic oxidation sites excluding steroid dienone is 2. The first kappa shape index (κ1) is 30.2. The van der Waals surface area contributed by atoms with E-state index in [9.17, 15) is 9.59 Å². The van der Waals surface area contributed by atoms with E-state index in [4.69, 9.17) is 19.9 Å². The smallest absolute Gasteiger partial charge is 0.424 e. The molecule has 0 saturated carbocycles. The molecule has 37 heavy (non-hydrogen) atoms. The van der Waals surface area contributed by atoms with Gasteiger partial charge in [0.25, 0.3) is 0 Å². The SMILES string of the molecule is CCCC/C(=C(\C(C)=N)N(C(=O)OC(C)c1ccccc1C)C(=O)OC(C)(C)C)c1ccc(Br)c(C)n1. The highest BCUT2D eigenvalue weighted by molar-refractivity contribution is 9.10. The number of unbranched alkanes of at least 4 members (excludes halogenated alkanes) is 1. The van der Waals surface area contributed by atoms with Crippen LogP contribution < -0.4 is 0 Å². The number of halogens is 1. The fraction of sp³-hybridized carbons (Fsp3) is 0.448. The van der Waals surface area contributed by atoms with Crippen LogP contribution >= 0.6 is 15.9 Å². The standard InChI is InChI=1S/C29H38BrN3O4/c1-9-10-14-23(25-17-16-24(30)20(4)32-25)26(19(3)31)33(28(35)37-29(6,7)8)27(34)36-21(5)22-15-12-11-13-18(22)2/h11-13,15-17,21,31H,9-10,14H2,1-8H3/b26-23-,31-19?. The number of hydrogen-bond acceptors (Lipinski definition) is 6. The number of pyridine rings is 1. The Bertz CT molecular complexity index is 1180. The molecule has 1 heterocycles. The molecule has 1 N–H and O–H groups in total. The maximum Gasteiger partial charge on any atom is 0.424 e. The van der Waals surface area contributed by atoms with E-state index in [-0.39, 0.29) is 11.4 Å². The Labute approximate surface area is 228 Å². The number of aryl methyl sites for hydroxylation is 2. The quantitative estimate of drug-likeness (QED) is 0.320. The third kappa shape index (κ3) is 8.25. The number of benzene rings is 1. The van der Waals surface area contributed by atoms with E-state index < -0.39 is 23.9 Å². The molecule has 7 nitrogen and oxygen atoms in total. The summed E-state index contributed by atoms with van der Waals surface area (Å²) in [5.74, 6) is 0. The minimum absolute atomic E-state index is 0.0276. The minimum atomic E-state index is -0.908. The van der Waals surface area contributed by atoms with Crippen molar-refractivity contribution in [2.75, 3.05) is 0 Å². The van der Waals surface area contributed by atoms with Gasteiger partial charge in [0, 0.05) is 10.0 Å². The molecule has 0 aliphatic rings. The first-order chi connectivity index (χ1) is 17.3. The van der Waals surface area contributed by atoms with Gasteiger partial charge in [-0.3, -0.25) is 4.98 Å². The zero-order valence-corrected chi connectivity index (χ0v) is 24.7. The van der Waals surface area contributed by atoms with Crippen molar-refractivity contribution >= 4 is 39.4 Å². The Morgan fingerprint density at radius 1 is 1.11 bits per heavy atom. The van der Waals surface area contributed by atoms with Gasteiger partial charge in [-0.2, -0.15) is 4.90 Å². The monoisotopic (exact) mass is 571 g/mol. The Hall–Kier alpha value is -3.00. The van der Waals surface area contributed by atoms with Crippen LogP contribution in [0, 0.1) is 19.3 Å². The maximum absolute atomic E-state index is 13.7. The number of nitrogens with zero attached hydrogens (tertiary/aromatic N) is 2. The van der Waals surface area contributed by atoms with Crippen molar-refractivity contribution in [2.45, 2.75) is 86.4 Å². The number of carbonyl (C=O) groups excluding carboxylic acids is 2.